The standard InChI is InChI=1S/C14H15NO4/c1-8-4-5-11-10(9(8)2)6-12(14(17)18)15(11)7-13(16)19-3/h4-6H,7H2,1-3H3,(H,17,18). The van der Waals surface area contributed by atoms with Gasteiger partial charge in [0.05, 0.1) is 7.11 Å². The lowest BCUT2D eigenvalue weighted by atomic mass is 10.1. The summed E-state index contributed by atoms with van der Waals surface area (Å²) in [4.78, 5) is 22.7. The van der Waals surface area contributed by atoms with Crippen molar-refractivity contribution in [1.29, 1.82) is 0 Å². The highest BCUT2D eigenvalue weighted by Gasteiger charge is 2.18. The number of aromatic carboxylic acids is 1. The molecule has 0 unspecified atom stereocenters. The number of carboxylic acids is 1. The molecule has 2 aromatic rings. The molecule has 19 heavy (non-hydrogen) atoms. The lowest BCUT2D eigenvalue weighted by Gasteiger charge is -2.07. The molecule has 0 atom stereocenters. The second kappa shape index (κ2) is 4.76. The van der Waals surface area contributed by atoms with E-state index < -0.39 is 11.9 Å². The first-order valence-electron chi connectivity index (χ1n) is 5.85. The lowest BCUT2D eigenvalue weighted by Crippen LogP contribution is -2.16. The van der Waals surface area contributed by atoms with E-state index in [-0.39, 0.29) is 12.2 Å². The van der Waals surface area contributed by atoms with Gasteiger partial charge in [-0.1, -0.05) is 6.07 Å². The van der Waals surface area contributed by atoms with Gasteiger partial charge in [0.25, 0.3) is 0 Å². The third kappa shape index (κ3) is 2.19. The molecule has 0 fully saturated rings. The number of carbonyl (C=O) groups is 2. The van der Waals surface area contributed by atoms with Gasteiger partial charge in [-0.2, -0.15) is 0 Å². The number of hydrogen-bond acceptors (Lipinski definition) is 3. The molecule has 2 rings (SSSR count). The van der Waals surface area contributed by atoms with E-state index in [4.69, 9.17) is 0 Å². The van der Waals surface area contributed by atoms with Crippen molar-refractivity contribution < 1.29 is 19.4 Å². The Morgan fingerprint density at radius 1 is 1.32 bits per heavy atom. The Balaban J connectivity index is 2.71. The van der Waals surface area contributed by atoms with Crippen LogP contribution in [0, 0.1) is 13.8 Å². The minimum Gasteiger partial charge on any atom is -0.477 e. The van der Waals surface area contributed by atoms with Gasteiger partial charge in [0.1, 0.15) is 12.2 Å². The van der Waals surface area contributed by atoms with Crippen molar-refractivity contribution in [1.82, 2.24) is 4.57 Å². The molecule has 5 nitrogen and oxygen atoms in total. The number of benzene rings is 1. The van der Waals surface area contributed by atoms with Gasteiger partial charge in [0, 0.05) is 10.9 Å². The highest BCUT2D eigenvalue weighted by atomic mass is 16.5. The van der Waals surface area contributed by atoms with E-state index in [1.165, 1.54) is 11.7 Å². The van der Waals surface area contributed by atoms with E-state index in [2.05, 4.69) is 4.74 Å². The average Bonchev–Trinajstić information content (AvgIpc) is 2.73. The summed E-state index contributed by atoms with van der Waals surface area (Å²) in [5.41, 5.74) is 2.92. The molecule has 0 saturated heterocycles. The predicted molar refractivity (Wildman–Crippen MR) is 70.4 cm³/mol. The number of aryl methyl sites for hydroxylation is 2. The number of hydrogen-bond donors (Lipinski definition) is 1. The van der Waals surface area contributed by atoms with Crippen LogP contribution >= 0.6 is 0 Å². The van der Waals surface area contributed by atoms with Crippen LogP contribution < -0.4 is 0 Å². The normalized spacial score (nSPS) is 10.7. The zero-order chi connectivity index (χ0) is 14.2. The zero-order valence-electron chi connectivity index (χ0n) is 11.1. The monoisotopic (exact) mass is 261 g/mol. The van der Waals surface area contributed by atoms with Crippen molar-refractivity contribution in [2.24, 2.45) is 0 Å². The van der Waals surface area contributed by atoms with Crippen LogP contribution in [0.25, 0.3) is 10.9 Å². The summed E-state index contributed by atoms with van der Waals surface area (Å²) in [5, 5.41) is 10.1. The van der Waals surface area contributed by atoms with Gasteiger partial charge >= 0.3 is 11.9 Å². The van der Waals surface area contributed by atoms with Crippen LogP contribution in [0.3, 0.4) is 0 Å². The van der Waals surface area contributed by atoms with Gasteiger partial charge in [-0.3, -0.25) is 4.79 Å². The molecule has 5 heteroatoms. The van der Waals surface area contributed by atoms with Crippen LogP contribution in [0.4, 0.5) is 0 Å². The van der Waals surface area contributed by atoms with Crippen molar-refractivity contribution in [3.05, 3.63) is 35.0 Å². The molecular formula is C14H15NO4. The molecule has 1 N–H and O–H groups in total. The van der Waals surface area contributed by atoms with E-state index in [1.807, 2.05) is 26.0 Å². The molecule has 0 amide bonds. The summed E-state index contributed by atoms with van der Waals surface area (Å²) in [6.45, 7) is 3.79. The Morgan fingerprint density at radius 2 is 2.00 bits per heavy atom. The van der Waals surface area contributed by atoms with E-state index in [1.54, 1.807) is 6.07 Å². The largest absolute Gasteiger partial charge is 0.477 e. The van der Waals surface area contributed by atoms with Crippen LogP contribution in [0.2, 0.25) is 0 Å². The van der Waals surface area contributed by atoms with Crippen molar-refractivity contribution in [3.8, 4) is 0 Å². The molecule has 0 bridgehead atoms. The third-order valence-corrected chi connectivity index (χ3v) is 3.36. The van der Waals surface area contributed by atoms with Crippen LogP contribution in [0.15, 0.2) is 18.2 Å². The smallest absolute Gasteiger partial charge is 0.352 e. The molecule has 0 aliphatic heterocycles. The third-order valence-electron chi connectivity index (χ3n) is 3.36. The Kier molecular flexibility index (Phi) is 3.29. The second-order valence-electron chi connectivity index (χ2n) is 4.44. The molecule has 0 aliphatic carbocycles. The topological polar surface area (TPSA) is 68.5 Å². The number of esters is 1. The lowest BCUT2D eigenvalue weighted by molar-refractivity contribution is -0.141. The van der Waals surface area contributed by atoms with Gasteiger partial charge in [0.15, 0.2) is 0 Å². The molecule has 0 spiro atoms. The number of nitrogens with zero attached hydrogens (tertiary/aromatic N) is 1. The van der Waals surface area contributed by atoms with Crippen LogP contribution in [0.1, 0.15) is 21.6 Å². The first kappa shape index (κ1) is 13.1. The summed E-state index contributed by atoms with van der Waals surface area (Å²) in [5.74, 6) is -1.53. The number of carboxylic acid groups (broad SMARTS) is 1. The van der Waals surface area contributed by atoms with Gasteiger partial charge in [-0.05, 0) is 37.1 Å². The average molecular weight is 261 g/mol. The minimum absolute atomic E-state index is 0.0918. The summed E-state index contributed by atoms with van der Waals surface area (Å²) in [6, 6.07) is 5.34. The first-order valence-corrected chi connectivity index (χ1v) is 5.85. The molecule has 1 aromatic carbocycles. The Bertz CT molecular complexity index is 670. The number of fused-ring (bicyclic) bond motifs is 1. The fourth-order valence-electron chi connectivity index (χ4n) is 2.13. The van der Waals surface area contributed by atoms with E-state index >= 15 is 0 Å². The van der Waals surface area contributed by atoms with Gasteiger partial charge in [-0.25, -0.2) is 4.79 Å². The van der Waals surface area contributed by atoms with Gasteiger partial charge < -0.3 is 14.4 Å². The van der Waals surface area contributed by atoms with Crippen molar-refractivity contribution in [3.63, 3.8) is 0 Å². The number of rotatable bonds is 3. The quantitative estimate of drug-likeness (QED) is 0.859. The number of methoxy groups -OCH3 is 1. The fraction of sp³-hybridized carbons (Fsp3) is 0.286. The molecule has 0 radical (unpaired) electrons. The van der Waals surface area contributed by atoms with Gasteiger partial charge in [-0.15, -0.1) is 0 Å². The maximum atomic E-state index is 11.4. The van der Waals surface area contributed by atoms with Crippen LogP contribution in [-0.2, 0) is 16.1 Å². The minimum atomic E-state index is -1.06. The summed E-state index contributed by atoms with van der Waals surface area (Å²) < 4.78 is 6.08. The molecule has 1 aromatic heterocycles. The number of carbonyl (C=O) groups excluding carboxylic acids is 1. The van der Waals surface area contributed by atoms with Crippen molar-refractivity contribution >= 4 is 22.8 Å². The predicted octanol–water partition coefficient (Wildman–Crippen LogP) is 2.13. The number of aromatic nitrogens is 1. The fourth-order valence-corrected chi connectivity index (χ4v) is 2.13. The molecule has 1 heterocycles. The Morgan fingerprint density at radius 3 is 2.58 bits per heavy atom. The summed E-state index contributed by atoms with van der Waals surface area (Å²) in [7, 11) is 1.28. The van der Waals surface area contributed by atoms with E-state index in [9.17, 15) is 14.7 Å². The Hall–Kier alpha value is -2.30. The summed E-state index contributed by atoms with van der Waals surface area (Å²) >= 11 is 0. The van der Waals surface area contributed by atoms with Crippen LogP contribution in [-0.4, -0.2) is 28.7 Å². The van der Waals surface area contributed by atoms with E-state index in [0.29, 0.717) is 0 Å². The zero-order valence-corrected chi connectivity index (χ0v) is 11.1. The number of ether oxygens (including phenoxy) is 1. The highest BCUT2D eigenvalue weighted by Crippen LogP contribution is 2.25. The van der Waals surface area contributed by atoms with Crippen LogP contribution in [0.5, 0.6) is 0 Å². The maximum Gasteiger partial charge on any atom is 0.352 e. The van der Waals surface area contributed by atoms with Crippen molar-refractivity contribution in [2.45, 2.75) is 20.4 Å². The first-order chi connectivity index (χ1) is 8.95. The summed E-state index contributed by atoms with van der Waals surface area (Å²) in [6.07, 6.45) is 0. The highest BCUT2D eigenvalue weighted by molar-refractivity contribution is 5.97. The van der Waals surface area contributed by atoms with Crippen molar-refractivity contribution in [2.75, 3.05) is 7.11 Å². The Labute approximate surface area is 110 Å². The second-order valence-corrected chi connectivity index (χ2v) is 4.44. The SMILES string of the molecule is COC(=O)Cn1c(C(=O)O)cc2c(C)c(C)ccc21. The molecular weight excluding hydrogens is 246 g/mol. The maximum absolute atomic E-state index is 11.4. The molecule has 100 valence electrons. The van der Waals surface area contributed by atoms with E-state index in [0.717, 1.165) is 22.0 Å². The molecule has 0 saturated carbocycles. The molecule has 0 aliphatic rings. The van der Waals surface area contributed by atoms with Gasteiger partial charge in [0.2, 0.25) is 0 Å².